The van der Waals surface area contributed by atoms with Crippen LogP contribution in [0.1, 0.15) is 23.5 Å². The molecule has 0 saturated carbocycles. The van der Waals surface area contributed by atoms with Gasteiger partial charge in [0.15, 0.2) is 0 Å². The molecule has 3 N–H and O–H groups in total. The maximum absolute atomic E-state index is 12.3. The molecule has 0 spiro atoms. The Balaban J connectivity index is 1.35. The lowest BCUT2D eigenvalue weighted by Gasteiger charge is -2.21. The van der Waals surface area contributed by atoms with Crippen LogP contribution in [0.4, 0.5) is 4.79 Å². The van der Waals surface area contributed by atoms with Crippen molar-refractivity contribution in [3.05, 3.63) is 59.7 Å². The van der Waals surface area contributed by atoms with E-state index >= 15 is 0 Å². The van der Waals surface area contributed by atoms with Crippen molar-refractivity contribution in [1.29, 1.82) is 0 Å². The first-order chi connectivity index (χ1) is 14.5. The van der Waals surface area contributed by atoms with Gasteiger partial charge in [0.1, 0.15) is 19.2 Å². The van der Waals surface area contributed by atoms with Gasteiger partial charge in [-0.05, 0) is 22.3 Å². The molecule has 1 heterocycles. The predicted molar refractivity (Wildman–Crippen MR) is 107 cm³/mol. The van der Waals surface area contributed by atoms with Crippen LogP contribution in [0, 0.1) is 0 Å². The molecule has 2 aromatic carbocycles. The Kier molecular flexibility index (Phi) is 5.41. The van der Waals surface area contributed by atoms with Crippen molar-refractivity contribution in [2.24, 2.45) is 0 Å². The second-order valence-electron chi connectivity index (χ2n) is 7.47. The molecule has 156 valence electrons. The molecule has 30 heavy (non-hydrogen) atoms. The zero-order valence-corrected chi connectivity index (χ0v) is 16.2. The summed E-state index contributed by atoms with van der Waals surface area (Å²) >= 11 is 0. The van der Waals surface area contributed by atoms with Gasteiger partial charge in [-0.1, -0.05) is 48.5 Å². The number of nitrogens with zero attached hydrogens (tertiary/aromatic N) is 1. The number of amides is 2. The number of aliphatic carboxylic acids is 1. The quantitative estimate of drug-likeness (QED) is 0.689. The van der Waals surface area contributed by atoms with Gasteiger partial charge in [-0.3, -0.25) is 4.79 Å². The van der Waals surface area contributed by atoms with E-state index in [1.807, 2.05) is 48.5 Å². The van der Waals surface area contributed by atoms with Crippen LogP contribution in [0.25, 0.3) is 11.1 Å². The lowest BCUT2D eigenvalue weighted by molar-refractivity contribution is -0.147. The number of aliphatic hydroxyl groups is 1. The van der Waals surface area contributed by atoms with Gasteiger partial charge in [0.25, 0.3) is 0 Å². The Labute approximate surface area is 173 Å². The number of β-amino-alcohol motifs (C(OH)–C–C–N with tert-alkyl or cyclic N) is 1. The highest BCUT2D eigenvalue weighted by atomic mass is 16.5. The second kappa shape index (κ2) is 8.16. The van der Waals surface area contributed by atoms with Gasteiger partial charge in [0.05, 0.1) is 6.10 Å². The maximum Gasteiger partial charge on any atom is 0.407 e. The Hall–Kier alpha value is -3.39. The number of fused-ring (bicyclic) bond motifs is 3. The molecule has 2 unspecified atom stereocenters. The van der Waals surface area contributed by atoms with Crippen molar-refractivity contribution in [2.75, 3.05) is 19.7 Å². The molecule has 1 aliphatic heterocycles. The Bertz CT molecular complexity index is 946. The molecule has 8 nitrogen and oxygen atoms in total. The number of hydrogen-bond acceptors (Lipinski definition) is 5. The number of aliphatic hydroxyl groups excluding tert-OH is 1. The summed E-state index contributed by atoms with van der Waals surface area (Å²) in [5.74, 6) is -1.85. The number of rotatable bonds is 5. The van der Waals surface area contributed by atoms with Crippen LogP contribution >= 0.6 is 0 Å². The monoisotopic (exact) mass is 410 g/mol. The molecule has 0 radical (unpaired) electrons. The topological polar surface area (TPSA) is 116 Å². The number of carbonyl (C=O) groups is 3. The number of carboxylic acids is 1. The molecule has 8 heteroatoms. The summed E-state index contributed by atoms with van der Waals surface area (Å²) in [6.45, 7) is -0.344. The SMILES string of the molecule is O=C(NCC(=O)N1CC(O)CC1C(=O)O)OCC1c2ccccc2-c2ccccc21. The molecule has 2 atom stereocenters. The van der Waals surface area contributed by atoms with Crippen LogP contribution in [0.3, 0.4) is 0 Å². The molecule has 2 amide bonds. The molecule has 1 saturated heterocycles. The molecule has 1 aliphatic carbocycles. The van der Waals surface area contributed by atoms with E-state index in [1.54, 1.807) is 0 Å². The molecular formula is C22H22N2O6. The summed E-state index contributed by atoms with van der Waals surface area (Å²) in [5, 5.41) is 21.2. The highest BCUT2D eigenvalue weighted by molar-refractivity contribution is 5.87. The largest absolute Gasteiger partial charge is 0.480 e. The Morgan fingerprint density at radius 3 is 2.23 bits per heavy atom. The number of carbonyl (C=O) groups excluding carboxylic acids is 2. The number of ether oxygens (including phenoxy) is 1. The lowest BCUT2D eigenvalue weighted by Crippen LogP contribution is -2.45. The third kappa shape index (κ3) is 3.73. The molecule has 0 bridgehead atoms. The van der Waals surface area contributed by atoms with Gasteiger partial charge in [0.2, 0.25) is 5.91 Å². The van der Waals surface area contributed by atoms with Crippen LogP contribution < -0.4 is 5.32 Å². The number of alkyl carbamates (subject to hydrolysis) is 1. The smallest absolute Gasteiger partial charge is 0.407 e. The van der Waals surface area contributed by atoms with Crippen molar-refractivity contribution in [1.82, 2.24) is 10.2 Å². The first-order valence-electron chi connectivity index (χ1n) is 9.75. The van der Waals surface area contributed by atoms with Crippen LogP contribution in [-0.4, -0.2) is 64.9 Å². The van der Waals surface area contributed by atoms with Gasteiger partial charge < -0.3 is 25.2 Å². The summed E-state index contributed by atoms with van der Waals surface area (Å²) in [6, 6.07) is 14.8. The average molecular weight is 410 g/mol. The number of hydrogen-bond donors (Lipinski definition) is 3. The van der Waals surface area contributed by atoms with Crippen molar-refractivity contribution in [3.63, 3.8) is 0 Å². The third-order valence-corrected chi connectivity index (χ3v) is 5.61. The fraction of sp³-hybridized carbons (Fsp3) is 0.318. The van der Waals surface area contributed by atoms with E-state index in [0.717, 1.165) is 27.2 Å². The van der Waals surface area contributed by atoms with Gasteiger partial charge >= 0.3 is 12.1 Å². The van der Waals surface area contributed by atoms with Crippen molar-refractivity contribution in [3.8, 4) is 11.1 Å². The molecule has 0 aromatic heterocycles. The first kappa shape index (κ1) is 19.9. The minimum atomic E-state index is -1.18. The number of nitrogens with one attached hydrogen (secondary N) is 1. The summed E-state index contributed by atoms with van der Waals surface area (Å²) in [6.07, 6.45) is -1.66. The zero-order valence-electron chi connectivity index (χ0n) is 16.2. The Morgan fingerprint density at radius 2 is 1.63 bits per heavy atom. The van der Waals surface area contributed by atoms with E-state index in [0.29, 0.717) is 0 Å². The molecular weight excluding hydrogens is 388 g/mol. The number of benzene rings is 2. The summed E-state index contributed by atoms with van der Waals surface area (Å²) in [5.41, 5.74) is 4.39. The van der Waals surface area contributed by atoms with E-state index in [4.69, 9.17) is 4.74 Å². The third-order valence-electron chi connectivity index (χ3n) is 5.61. The van der Waals surface area contributed by atoms with Crippen LogP contribution in [0.15, 0.2) is 48.5 Å². The number of likely N-dealkylation sites (tertiary alicyclic amines) is 1. The lowest BCUT2D eigenvalue weighted by atomic mass is 9.98. The molecule has 4 rings (SSSR count). The summed E-state index contributed by atoms with van der Waals surface area (Å²) < 4.78 is 5.36. The van der Waals surface area contributed by atoms with Crippen LogP contribution in [0.5, 0.6) is 0 Å². The van der Waals surface area contributed by atoms with E-state index in [2.05, 4.69) is 5.32 Å². The predicted octanol–water partition coefficient (Wildman–Crippen LogP) is 1.57. The normalized spacial score (nSPS) is 19.8. The van der Waals surface area contributed by atoms with Gasteiger partial charge in [-0.2, -0.15) is 0 Å². The van der Waals surface area contributed by atoms with Gasteiger partial charge in [-0.15, -0.1) is 0 Å². The zero-order chi connectivity index (χ0) is 21.3. The molecule has 2 aliphatic rings. The fourth-order valence-corrected chi connectivity index (χ4v) is 4.22. The number of carboxylic acid groups (broad SMARTS) is 1. The van der Waals surface area contributed by atoms with E-state index < -0.39 is 36.7 Å². The summed E-state index contributed by atoms with van der Waals surface area (Å²) in [7, 11) is 0. The van der Waals surface area contributed by atoms with E-state index in [9.17, 15) is 24.6 Å². The van der Waals surface area contributed by atoms with E-state index in [1.165, 1.54) is 0 Å². The summed E-state index contributed by atoms with van der Waals surface area (Å²) in [4.78, 5) is 36.7. The maximum atomic E-state index is 12.3. The van der Waals surface area contributed by atoms with Crippen molar-refractivity contribution >= 4 is 18.0 Å². The second-order valence-corrected chi connectivity index (χ2v) is 7.47. The van der Waals surface area contributed by atoms with Crippen LogP contribution in [0.2, 0.25) is 0 Å². The van der Waals surface area contributed by atoms with E-state index in [-0.39, 0.29) is 25.5 Å². The molecule has 1 fully saturated rings. The standard InChI is InChI=1S/C22H22N2O6/c25-13-9-19(21(27)28)24(11-13)20(26)10-23-22(29)30-12-18-16-7-3-1-5-14(16)15-6-2-4-8-17(15)18/h1-8,13,18-19,25H,9-12H2,(H,23,29)(H,27,28). The Morgan fingerprint density at radius 1 is 1.03 bits per heavy atom. The highest BCUT2D eigenvalue weighted by Crippen LogP contribution is 2.44. The average Bonchev–Trinajstić information content (AvgIpc) is 3.29. The minimum absolute atomic E-state index is 0.0218. The highest BCUT2D eigenvalue weighted by Gasteiger charge is 2.38. The van der Waals surface area contributed by atoms with Crippen molar-refractivity contribution < 1.29 is 29.3 Å². The van der Waals surface area contributed by atoms with Gasteiger partial charge in [0, 0.05) is 18.9 Å². The van der Waals surface area contributed by atoms with Crippen LogP contribution in [-0.2, 0) is 14.3 Å². The molecule has 2 aromatic rings. The first-order valence-corrected chi connectivity index (χ1v) is 9.75. The van der Waals surface area contributed by atoms with Crippen molar-refractivity contribution in [2.45, 2.75) is 24.5 Å². The fourth-order valence-electron chi connectivity index (χ4n) is 4.22. The van der Waals surface area contributed by atoms with Gasteiger partial charge in [-0.25, -0.2) is 9.59 Å². The minimum Gasteiger partial charge on any atom is -0.480 e.